The summed E-state index contributed by atoms with van der Waals surface area (Å²) in [5.74, 6) is 0.617. The zero-order valence-corrected chi connectivity index (χ0v) is 18.7. The van der Waals surface area contributed by atoms with Crippen molar-refractivity contribution >= 4 is 17.7 Å². The molecule has 1 saturated carbocycles. The van der Waals surface area contributed by atoms with Crippen LogP contribution in [0.4, 0.5) is 5.82 Å². The van der Waals surface area contributed by atoms with Crippen LogP contribution in [0.1, 0.15) is 69.3 Å². The lowest BCUT2D eigenvalue weighted by atomic mass is 9.82. The van der Waals surface area contributed by atoms with Crippen LogP contribution in [0.5, 0.6) is 0 Å². The number of carbonyl (C=O) groups is 2. The molecule has 0 bridgehead atoms. The van der Waals surface area contributed by atoms with Gasteiger partial charge in [-0.25, -0.2) is 9.48 Å². The van der Waals surface area contributed by atoms with Crippen LogP contribution in [0, 0.1) is 18.8 Å². The van der Waals surface area contributed by atoms with Gasteiger partial charge in [0.15, 0.2) is 5.82 Å². The zero-order valence-electron chi connectivity index (χ0n) is 18.7. The van der Waals surface area contributed by atoms with E-state index in [1.165, 1.54) is 0 Å². The molecule has 1 aliphatic rings. The van der Waals surface area contributed by atoms with Crippen molar-refractivity contribution in [1.82, 2.24) is 9.78 Å². The average molecular weight is 412 g/mol. The number of nitrogens with zero attached hydrogens (tertiary/aromatic N) is 3. The predicted octanol–water partition coefficient (Wildman–Crippen LogP) is 4.93. The summed E-state index contributed by atoms with van der Waals surface area (Å²) in [4.78, 5) is 27.9. The van der Waals surface area contributed by atoms with Gasteiger partial charge < -0.3 is 4.74 Å². The van der Waals surface area contributed by atoms with E-state index in [-0.39, 0.29) is 24.5 Å². The molecule has 1 aromatic heterocycles. The number of anilines is 1. The molecule has 0 saturated heterocycles. The number of amides is 1. The predicted molar refractivity (Wildman–Crippen MR) is 118 cm³/mol. The minimum absolute atomic E-state index is 0.0248. The lowest BCUT2D eigenvalue weighted by Gasteiger charge is -2.32. The standard InChI is InChI=1S/C24H33N3O3/c1-6-30-24(29)21-15-26(20-13-9-18(5)10-14-20)25-22(21)27(16(2)3)23(28)19-11-7-17(4)8-12-19/h9-10,13-17,19H,6-8,11-12H2,1-5H3/t17-,19-. The zero-order chi connectivity index (χ0) is 21.8. The Bertz CT molecular complexity index is 878. The molecule has 162 valence electrons. The Hall–Kier alpha value is -2.63. The van der Waals surface area contributed by atoms with E-state index in [1.807, 2.05) is 45.0 Å². The van der Waals surface area contributed by atoms with Gasteiger partial charge in [-0.3, -0.25) is 9.69 Å². The van der Waals surface area contributed by atoms with E-state index in [0.717, 1.165) is 36.9 Å². The van der Waals surface area contributed by atoms with Crippen molar-refractivity contribution < 1.29 is 14.3 Å². The van der Waals surface area contributed by atoms with Gasteiger partial charge in [0.2, 0.25) is 5.91 Å². The molecule has 3 rings (SSSR count). The number of hydrogen-bond acceptors (Lipinski definition) is 4. The number of hydrogen-bond donors (Lipinski definition) is 0. The molecule has 1 fully saturated rings. The van der Waals surface area contributed by atoms with E-state index < -0.39 is 5.97 Å². The van der Waals surface area contributed by atoms with E-state index in [1.54, 1.807) is 22.7 Å². The average Bonchev–Trinajstić information content (AvgIpc) is 3.14. The van der Waals surface area contributed by atoms with Crippen LogP contribution < -0.4 is 4.90 Å². The summed E-state index contributed by atoms with van der Waals surface area (Å²) < 4.78 is 6.94. The van der Waals surface area contributed by atoms with Crippen molar-refractivity contribution in [2.75, 3.05) is 11.5 Å². The number of carbonyl (C=O) groups excluding carboxylic acids is 2. The molecule has 0 aliphatic heterocycles. The van der Waals surface area contributed by atoms with Crippen molar-refractivity contribution in [1.29, 1.82) is 0 Å². The van der Waals surface area contributed by atoms with E-state index >= 15 is 0 Å². The second kappa shape index (κ2) is 9.45. The van der Waals surface area contributed by atoms with E-state index in [0.29, 0.717) is 17.3 Å². The number of esters is 1. The second-order valence-corrected chi connectivity index (χ2v) is 8.63. The van der Waals surface area contributed by atoms with Gasteiger partial charge in [-0.2, -0.15) is 0 Å². The van der Waals surface area contributed by atoms with Gasteiger partial charge >= 0.3 is 5.97 Å². The molecule has 6 nitrogen and oxygen atoms in total. The number of rotatable bonds is 6. The minimum atomic E-state index is -0.457. The SMILES string of the molecule is CCOC(=O)c1cn(-c2ccc(C)cc2)nc1N(C(=O)[C@H]1CC[C@H](C)CC1)C(C)C. The maximum atomic E-state index is 13.5. The van der Waals surface area contributed by atoms with Crippen LogP contribution in [-0.4, -0.2) is 34.3 Å². The van der Waals surface area contributed by atoms with Crippen molar-refractivity contribution in [3.63, 3.8) is 0 Å². The van der Waals surface area contributed by atoms with Crippen molar-refractivity contribution in [3.8, 4) is 5.69 Å². The Morgan fingerprint density at radius 1 is 1.17 bits per heavy atom. The van der Waals surface area contributed by atoms with Crippen molar-refractivity contribution in [3.05, 3.63) is 41.6 Å². The smallest absolute Gasteiger partial charge is 0.343 e. The summed E-state index contributed by atoms with van der Waals surface area (Å²) in [6.45, 7) is 10.2. The first-order chi connectivity index (χ1) is 14.3. The molecule has 0 atom stereocenters. The highest BCUT2D eigenvalue weighted by Gasteiger charge is 2.34. The number of aryl methyl sites for hydroxylation is 1. The first kappa shape index (κ1) is 22.1. The van der Waals surface area contributed by atoms with Crippen LogP contribution in [0.25, 0.3) is 5.69 Å². The number of ether oxygens (including phenoxy) is 1. The molecule has 1 heterocycles. The van der Waals surface area contributed by atoms with E-state index in [4.69, 9.17) is 4.74 Å². The topological polar surface area (TPSA) is 64.4 Å². The summed E-state index contributed by atoms with van der Waals surface area (Å²) in [5.41, 5.74) is 2.30. The first-order valence-corrected chi connectivity index (χ1v) is 11.0. The summed E-state index contributed by atoms with van der Waals surface area (Å²) in [7, 11) is 0. The molecule has 30 heavy (non-hydrogen) atoms. The monoisotopic (exact) mass is 411 g/mol. The summed E-state index contributed by atoms with van der Waals surface area (Å²) in [6.07, 6.45) is 5.56. The molecular weight excluding hydrogens is 378 g/mol. The van der Waals surface area contributed by atoms with Gasteiger partial charge in [0.1, 0.15) is 5.56 Å². The molecule has 0 radical (unpaired) electrons. The Morgan fingerprint density at radius 2 is 1.80 bits per heavy atom. The molecule has 0 spiro atoms. The Kier molecular flexibility index (Phi) is 6.95. The lowest BCUT2D eigenvalue weighted by Crippen LogP contribution is -2.43. The Balaban J connectivity index is 2.01. The lowest BCUT2D eigenvalue weighted by molar-refractivity contribution is -0.123. The van der Waals surface area contributed by atoms with E-state index in [2.05, 4.69) is 12.0 Å². The highest BCUT2D eigenvalue weighted by atomic mass is 16.5. The molecule has 6 heteroatoms. The maximum absolute atomic E-state index is 13.5. The fraction of sp³-hybridized carbons (Fsp3) is 0.542. The Morgan fingerprint density at radius 3 is 2.37 bits per heavy atom. The molecular formula is C24H33N3O3. The van der Waals surface area contributed by atoms with Crippen LogP contribution in [0.2, 0.25) is 0 Å². The number of benzene rings is 1. The molecule has 0 unspecified atom stereocenters. The summed E-state index contributed by atoms with van der Waals surface area (Å²) >= 11 is 0. The Labute approximate surface area is 179 Å². The highest BCUT2D eigenvalue weighted by molar-refractivity contribution is 6.02. The first-order valence-electron chi connectivity index (χ1n) is 11.0. The van der Waals surface area contributed by atoms with Crippen LogP contribution in [0.15, 0.2) is 30.5 Å². The minimum Gasteiger partial charge on any atom is -0.462 e. The van der Waals surface area contributed by atoms with Crippen molar-refractivity contribution in [2.45, 2.75) is 66.3 Å². The van der Waals surface area contributed by atoms with Gasteiger partial charge in [-0.1, -0.05) is 24.6 Å². The van der Waals surface area contributed by atoms with Gasteiger partial charge in [0, 0.05) is 18.2 Å². The van der Waals surface area contributed by atoms with Gasteiger partial charge in [0.25, 0.3) is 0 Å². The van der Waals surface area contributed by atoms with E-state index in [9.17, 15) is 9.59 Å². The van der Waals surface area contributed by atoms with Crippen LogP contribution in [0.3, 0.4) is 0 Å². The summed E-state index contributed by atoms with van der Waals surface area (Å²) in [6, 6.07) is 7.77. The highest BCUT2D eigenvalue weighted by Crippen LogP contribution is 2.33. The molecule has 2 aromatic rings. The molecule has 1 aliphatic carbocycles. The van der Waals surface area contributed by atoms with Crippen LogP contribution in [-0.2, 0) is 9.53 Å². The quantitative estimate of drug-likeness (QED) is 0.633. The fourth-order valence-electron chi connectivity index (χ4n) is 4.03. The molecule has 0 N–H and O–H groups in total. The largest absolute Gasteiger partial charge is 0.462 e. The van der Waals surface area contributed by atoms with Gasteiger partial charge in [-0.05, 0) is 71.4 Å². The third-order valence-corrected chi connectivity index (χ3v) is 5.84. The van der Waals surface area contributed by atoms with Crippen molar-refractivity contribution in [2.24, 2.45) is 11.8 Å². The third-order valence-electron chi connectivity index (χ3n) is 5.84. The molecule has 1 amide bonds. The van der Waals surface area contributed by atoms with Gasteiger partial charge in [-0.15, -0.1) is 5.10 Å². The fourth-order valence-corrected chi connectivity index (χ4v) is 4.03. The second-order valence-electron chi connectivity index (χ2n) is 8.63. The third kappa shape index (κ3) is 4.74. The van der Waals surface area contributed by atoms with Gasteiger partial charge in [0.05, 0.1) is 12.3 Å². The summed E-state index contributed by atoms with van der Waals surface area (Å²) in [5, 5.41) is 4.69. The van der Waals surface area contributed by atoms with Crippen LogP contribution >= 0.6 is 0 Å². The molecule has 1 aromatic carbocycles. The number of aromatic nitrogens is 2. The normalized spacial score (nSPS) is 19.0. The maximum Gasteiger partial charge on any atom is 0.343 e.